The molecule has 31 heavy (non-hydrogen) atoms. The molecule has 0 atom stereocenters. The van der Waals surface area contributed by atoms with Gasteiger partial charge < -0.3 is 20.4 Å². The second-order valence-corrected chi connectivity index (χ2v) is 7.72. The Balaban J connectivity index is 1.63. The van der Waals surface area contributed by atoms with Crippen LogP contribution in [0, 0.1) is 5.82 Å². The van der Waals surface area contributed by atoms with Crippen LogP contribution >= 0.6 is 0 Å². The highest BCUT2D eigenvalue weighted by Gasteiger charge is 2.35. The second kappa shape index (κ2) is 8.22. The van der Waals surface area contributed by atoms with Crippen LogP contribution in [0.15, 0.2) is 42.6 Å². The predicted molar refractivity (Wildman–Crippen MR) is 112 cm³/mol. The van der Waals surface area contributed by atoms with Gasteiger partial charge in [-0.1, -0.05) is 0 Å². The van der Waals surface area contributed by atoms with Gasteiger partial charge in [-0.15, -0.1) is 0 Å². The minimum absolute atomic E-state index is 0.145. The van der Waals surface area contributed by atoms with Gasteiger partial charge in [0.1, 0.15) is 5.82 Å². The van der Waals surface area contributed by atoms with Crippen LogP contribution < -0.4 is 15.5 Å². The summed E-state index contributed by atoms with van der Waals surface area (Å²) in [4.78, 5) is 16.0. The van der Waals surface area contributed by atoms with E-state index in [-0.39, 0.29) is 16.9 Å². The van der Waals surface area contributed by atoms with Gasteiger partial charge in [-0.3, -0.25) is 4.79 Å². The zero-order valence-electron chi connectivity index (χ0n) is 16.9. The van der Waals surface area contributed by atoms with E-state index in [1.54, 1.807) is 11.0 Å². The van der Waals surface area contributed by atoms with Gasteiger partial charge in [0.25, 0.3) is 5.91 Å². The Labute approximate surface area is 177 Å². The molecule has 2 heterocycles. The fourth-order valence-electron chi connectivity index (χ4n) is 3.88. The van der Waals surface area contributed by atoms with Crippen LogP contribution in [0.3, 0.4) is 0 Å². The molecule has 1 saturated heterocycles. The van der Waals surface area contributed by atoms with Gasteiger partial charge in [0.2, 0.25) is 0 Å². The normalized spacial score (nSPS) is 18.7. The molecule has 2 aliphatic heterocycles. The number of carbonyl (C=O) groups excluding carboxylic acids is 1. The number of carbonyl (C=O) groups is 1. The zero-order chi connectivity index (χ0) is 22.2. The molecule has 2 N–H and O–H groups in total. The maximum Gasteiger partial charge on any atom is 0.418 e. The van der Waals surface area contributed by atoms with E-state index in [0.29, 0.717) is 30.9 Å². The molecule has 0 aliphatic carbocycles. The number of nitrogens with zero attached hydrogens (tertiary/aromatic N) is 2. The Kier molecular flexibility index (Phi) is 5.62. The highest BCUT2D eigenvalue weighted by Crippen LogP contribution is 2.39. The van der Waals surface area contributed by atoms with Crippen molar-refractivity contribution in [1.82, 2.24) is 4.90 Å². The van der Waals surface area contributed by atoms with Crippen molar-refractivity contribution in [3.63, 3.8) is 0 Å². The molecule has 4 rings (SSSR count). The smallest absolute Gasteiger partial charge is 0.370 e. The first-order valence-electron chi connectivity index (χ1n) is 9.95. The van der Waals surface area contributed by atoms with E-state index >= 15 is 0 Å². The van der Waals surface area contributed by atoms with Crippen molar-refractivity contribution in [2.45, 2.75) is 12.6 Å². The molecular weight excluding hydrogens is 412 g/mol. The third-order valence-electron chi connectivity index (χ3n) is 5.51. The lowest BCUT2D eigenvalue weighted by Crippen LogP contribution is -2.30. The summed E-state index contributed by atoms with van der Waals surface area (Å²) in [6.07, 6.45) is -2.44. The Morgan fingerprint density at radius 2 is 1.87 bits per heavy atom. The number of rotatable bonds is 3. The van der Waals surface area contributed by atoms with Gasteiger partial charge in [-0.2, -0.15) is 13.2 Å². The topological polar surface area (TPSA) is 47.6 Å². The molecule has 0 spiro atoms. The third-order valence-corrected chi connectivity index (χ3v) is 5.51. The third kappa shape index (κ3) is 4.51. The summed E-state index contributed by atoms with van der Waals surface area (Å²) >= 11 is 0. The first-order chi connectivity index (χ1) is 14.7. The van der Waals surface area contributed by atoms with Crippen LogP contribution in [0.4, 0.5) is 34.6 Å². The minimum Gasteiger partial charge on any atom is -0.370 e. The van der Waals surface area contributed by atoms with E-state index in [0.717, 1.165) is 19.0 Å². The van der Waals surface area contributed by atoms with Crippen molar-refractivity contribution in [2.75, 3.05) is 48.8 Å². The summed E-state index contributed by atoms with van der Waals surface area (Å²) in [6, 6.07) is 7.93. The molecule has 0 aromatic heterocycles. The van der Waals surface area contributed by atoms with Crippen LogP contribution in [-0.4, -0.2) is 44.0 Å². The largest absolute Gasteiger partial charge is 0.418 e. The van der Waals surface area contributed by atoms with Crippen LogP contribution in [0.25, 0.3) is 5.57 Å². The molecule has 9 heteroatoms. The van der Waals surface area contributed by atoms with Crippen molar-refractivity contribution in [3.8, 4) is 0 Å². The number of hydrogen-bond donors (Lipinski definition) is 2. The number of nitrogens with one attached hydrogen (secondary N) is 2. The molecule has 2 aliphatic rings. The van der Waals surface area contributed by atoms with E-state index in [2.05, 4.69) is 15.5 Å². The van der Waals surface area contributed by atoms with Crippen molar-refractivity contribution >= 4 is 28.5 Å². The summed E-state index contributed by atoms with van der Waals surface area (Å²) in [6.45, 7) is 2.59. The van der Waals surface area contributed by atoms with Crippen molar-refractivity contribution in [3.05, 3.63) is 59.5 Å². The van der Waals surface area contributed by atoms with E-state index < -0.39 is 23.5 Å². The zero-order valence-corrected chi connectivity index (χ0v) is 16.9. The summed E-state index contributed by atoms with van der Waals surface area (Å²) < 4.78 is 55.0. The fraction of sp³-hybridized carbons (Fsp3) is 0.318. The van der Waals surface area contributed by atoms with Crippen LogP contribution in [0.1, 0.15) is 17.5 Å². The van der Waals surface area contributed by atoms with Crippen molar-refractivity contribution in [2.24, 2.45) is 0 Å². The van der Waals surface area contributed by atoms with Gasteiger partial charge in [-0.05, 0) is 56.4 Å². The van der Waals surface area contributed by atoms with Crippen LogP contribution in [0.2, 0.25) is 0 Å². The van der Waals surface area contributed by atoms with Gasteiger partial charge >= 0.3 is 6.18 Å². The monoisotopic (exact) mass is 434 g/mol. The molecule has 1 fully saturated rings. The molecule has 0 bridgehead atoms. The highest BCUT2D eigenvalue weighted by molar-refractivity contribution is 6.31. The Bertz CT molecular complexity index is 1030. The lowest BCUT2D eigenvalue weighted by atomic mass is 10.1. The quantitative estimate of drug-likeness (QED) is 0.556. The Hall–Kier alpha value is -3.07. The molecule has 0 saturated carbocycles. The molecule has 2 aromatic rings. The minimum atomic E-state index is -4.53. The molecule has 1 amide bonds. The maximum atomic E-state index is 13.8. The Morgan fingerprint density at radius 1 is 1.06 bits per heavy atom. The summed E-state index contributed by atoms with van der Waals surface area (Å²) in [5.41, 5.74) is 0.571. The number of hydrogen-bond acceptors (Lipinski definition) is 4. The number of anilines is 3. The molecule has 0 unspecified atom stereocenters. The van der Waals surface area contributed by atoms with E-state index in [1.807, 2.05) is 7.05 Å². The van der Waals surface area contributed by atoms with E-state index in [4.69, 9.17) is 0 Å². The lowest BCUT2D eigenvalue weighted by molar-refractivity contribution is -0.137. The maximum absolute atomic E-state index is 13.8. The molecule has 0 radical (unpaired) electrons. The van der Waals surface area contributed by atoms with Crippen LogP contribution in [0.5, 0.6) is 0 Å². The average molecular weight is 434 g/mol. The van der Waals surface area contributed by atoms with Gasteiger partial charge in [0.15, 0.2) is 0 Å². The number of fused-ring (bicyclic) bond motifs is 1. The standard InChI is InChI=1S/C22H22F4N4O/c1-29-7-2-8-30(10-9-29)20-6-4-15(12-18(20)22(24,25)26)27-13-17-16-11-14(23)3-5-19(16)28-21(17)31/h3-6,11-13,27H,2,7-10H2,1H3,(H,28,31). The molecule has 164 valence electrons. The van der Waals surface area contributed by atoms with Crippen molar-refractivity contribution < 1.29 is 22.4 Å². The lowest BCUT2D eigenvalue weighted by Gasteiger charge is -2.26. The predicted octanol–water partition coefficient (Wildman–Crippen LogP) is 4.39. The number of likely N-dealkylation sites (N-methyl/N-ethyl adjacent to an activating group) is 1. The SMILES string of the molecule is CN1CCCN(c2ccc(NC=C3C(=O)Nc4ccc(F)cc43)cc2C(F)(F)F)CC1. The van der Waals surface area contributed by atoms with E-state index in [1.165, 1.54) is 30.5 Å². The average Bonchev–Trinajstić information content (AvgIpc) is 2.86. The van der Waals surface area contributed by atoms with Gasteiger partial charge in [0.05, 0.1) is 11.1 Å². The van der Waals surface area contributed by atoms with Gasteiger partial charge in [-0.25, -0.2) is 4.39 Å². The molecular formula is C22H22F4N4O. The molecule has 2 aromatic carbocycles. The number of halogens is 4. The number of benzene rings is 2. The fourth-order valence-corrected chi connectivity index (χ4v) is 3.88. The first-order valence-corrected chi connectivity index (χ1v) is 9.95. The summed E-state index contributed by atoms with van der Waals surface area (Å²) in [5, 5.41) is 5.37. The number of amides is 1. The Morgan fingerprint density at radius 3 is 2.65 bits per heavy atom. The van der Waals surface area contributed by atoms with Crippen LogP contribution in [-0.2, 0) is 11.0 Å². The van der Waals surface area contributed by atoms with Gasteiger partial charge in [0, 0.05) is 48.5 Å². The summed E-state index contributed by atoms with van der Waals surface area (Å²) in [5.74, 6) is -0.956. The highest BCUT2D eigenvalue weighted by atomic mass is 19.4. The number of alkyl halides is 3. The second-order valence-electron chi connectivity index (χ2n) is 7.72. The van der Waals surface area contributed by atoms with Crippen molar-refractivity contribution in [1.29, 1.82) is 0 Å². The first kappa shape index (κ1) is 21.2. The molecule has 5 nitrogen and oxygen atoms in total. The summed E-state index contributed by atoms with van der Waals surface area (Å²) in [7, 11) is 1.96. The van der Waals surface area contributed by atoms with E-state index in [9.17, 15) is 22.4 Å².